The molecule has 1 aliphatic rings. The normalized spacial score (nSPS) is 14.0. The third-order valence-electron chi connectivity index (χ3n) is 4.86. The molecule has 1 heterocycles. The number of amides is 1. The molecule has 8 nitrogen and oxygen atoms in total. The molecule has 0 bridgehead atoms. The molecule has 1 amide bonds. The maximum Gasteiger partial charge on any atom is 0.278 e. The van der Waals surface area contributed by atoms with E-state index in [4.69, 9.17) is 16.4 Å². The Balaban J connectivity index is 1.98. The highest BCUT2D eigenvalue weighted by atomic mass is 19.1. The lowest BCUT2D eigenvalue weighted by Gasteiger charge is -2.13. The van der Waals surface area contributed by atoms with E-state index in [9.17, 15) is 19.1 Å². The first-order chi connectivity index (χ1) is 14.4. The highest BCUT2D eigenvalue weighted by Crippen LogP contribution is 2.34. The van der Waals surface area contributed by atoms with Crippen LogP contribution >= 0.6 is 0 Å². The number of ketones is 1. The lowest BCUT2D eigenvalue weighted by atomic mass is 9.93. The highest BCUT2D eigenvalue weighted by molar-refractivity contribution is 6.07. The SMILES string of the molecule is C#Cc1ccc(Nc2c(C(=O)NOC[C@@H](O)CO)c3c(n2C)C(=O)CCC3)c(F)c1. The molecular formula is C21H22FN3O5. The molecule has 0 spiro atoms. The molecule has 1 aromatic heterocycles. The van der Waals surface area contributed by atoms with Crippen LogP contribution in [0.4, 0.5) is 15.9 Å². The van der Waals surface area contributed by atoms with Gasteiger partial charge < -0.3 is 20.1 Å². The maximum atomic E-state index is 14.5. The number of Topliss-reactive ketones (excluding diaryl/α,β-unsaturated/α-hetero) is 1. The number of terminal acetylenes is 1. The topological polar surface area (TPSA) is 113 Å². The van der Waals surface area contributed by atoms with Crippen molar-refractivity contribution >= 4 is 23.2 Å². The Hall–Kier alpha value is -3.19. The molecule has 4 N–H and O–H groups in total. The van der Waals surface area contributed by atoms with Crippen molar-refractivity contribution in [2.45, 2.75) is 25.4 Å². The number of aromatic nitrogens is 1. The molecule has 0 fully saturated rings. The zero-order valence-corrected chi connectivity index (χ0v) is 16.4. The largest absolute Gasteiger partial charge is 0.394 e. The summed E-state index contributed by atoms with van der Waals surface area (Å²) in [6.45, 7) is -0.841. The van der Waals surface area contributed by atoms with Crippen LogP contribution < -0.4 is 10.8 Å². The minimum atomic E-state index is -1.15. The van der Waals surface area contributed by atoms with Gasteiger partial charge in [0.1, 0.15) is 24.3 Å². The Morgan fingerprint density at radius 2 is 2.20 bits per heavy atom. The molecular weight excluding hydrogens is 393 g/mol. The van der Waals surface area contributed by atoms with Crippen molar-refractivity contribution in [3.05, 3.63) is 46.4 Å². The summed E-state index contributed by atoms with van der Waals surface area (Å²) in [6.07, 6.45) is 5.58. The number of rotatable bonds is 7. The lowest BCUT2D eigenvalue weighted by Crippen LogP contribution is -2.30. The minimum absolute atomic E-state index is 0.0880. The Kier molecular flexibility index (Phi) is 6.52. The molecule has 0 unspecified atom stereocenters. The number of aliphatic hydroxyl groups is 2. The monoisotopic (exact) mass is 415 g/mol. The van der Waals surface area contributed by atoms with Crippen LogP contribution in [0, 0.1) is 18.2 Å². The molecule has 0 saturated heterocycles. The number of aliphatic hydroxyl groups excluding tert-OH is 2. The average molecular weight is 415 g/mol. The van der Waals surface area contributed by atoms with Gasteiger partial charge in [-0.1, -0.05) is 5.92 Å². The van der Waals surface area contributed by atoms with Gasteiger partial charge in [0, 0.05) is 19.0 Å². The average Bonchev–Trinajstić information content (AvgIpc) is 3.02. The van der Waals surface area contributed by atoms with Crippen LogP contribution in [-0.4, -0.2) is 45.8 Å². The van der Waals surface area contributed by atoms with Gasteiger partial charge in [-0.25, -0.2) is 9.87 Å². The first-order valence-corrected chi connectivity index (χ1v) is 9.36. The van der Waals surface area contributed by atoms with Gasteiger partial charge in [0.05, 0.1) is 23.6 Å². The molecule has 0 radical (unpaired) electrons. The van der Waals surface area contributed by atoms with E-state index < -0.39 is 24.4 Å². The summed E-state index contributed by atoms with van der Waals surface area (Å²) in [5, 5.41) is 21.1. The Morgan fingerprint density at radius 1 is 1.43 bits per heavy atom. The van der Waals surface area contributed by atoms with Crippen LogP contribution in [-0.2, 0) is 18.3 Å². The fraction of sp³-hybridized carbons (Fsp3) is 0.333. The second-order valence-corrected chi connectivity index (χ2v) is 6.93. The molecule has 2 aromatic rings. The third-order valence-corrected chi connectivity index (χ3v) is 4.86. The molecule has 30 heavy (non-hydrogen) atoms. The number of carbonyl (C=O) groups excluding carboxylic acids is 2. The van der Waals surface area contributed by atoms with E-state index in [1.165, 1.54) is 16.7 Å². The molecule has 3 rings (SSSR count). The summed E-state index contributed by atoms with van der Waals surface area (Å²) in [7, 11) is 1.62. The zero-order chi connectivity index (χ0) is 21.8. The van der Waals surface area contributed by atoms with Gasteiger partial charge in [-0.15, -0.1) is 6.42 Å². The Labute approximate surface area is 172 Å². The van der Waals surface area contributed by atoms with Crippen molar-refractivity contribution in [2.24, 2.45) is 7.05 Å². The van der Waals surface area contributed by atoms with Gasteiger partial charge in [0.25, 0.3) is 5.91 Å². The van der Waals surface area contributed by atoms with Crippen LogP contribution in [0.25, 0.3) is 0 Å². The summed E-state index contributed by atoms with van der Waals surface area (Å²) < 4.78 is 16.0. The standard InChI is InChI=1S/C21H22FN3O5/c1-3-12-7-8-16(15(22)9-12)23-20-18(21(29)24-30-11-13(27)10-26)14-5-4-6-17(28)19(14)25(20)2/h1,7-9,13,23,26-27H,4-6,10-11H2,2H3,(H,24,29)/t13-/m0/s1. The van der Waals surface area contributed by atoms with Crippen molar-refractivity contribution in [3.63, 3.8) is 0 Å². The van der Waals surface area contributed by atoms with Gasteiger partial charge >= 0.3 is 0 Å². The number of carbonyl (C=O) groups is 2. The number of halogens is 1. The molecule has 1 aromatic carbocycles. The second kappa shape index (κ2) is 9.09. The van der Waals surface area contributed by atoms with E-state index in [0.717, 1.165) is 0 Å². The van der Waals surface area contributed by atoms with Gasteiger partial charge in [-0.05, 0) is 36.6 Å². The second-order valence-electron chi connectivity index (χ2n) is 6.93. The number of nitrogens with one attached hydrogen (secondary N) is 2. The first kappa shape index (κ1) is 21.5. The third kappa shape index (κ3) is 4.21. The number of hydroxylamine groups is 1. The lowest BCUT2D eigenvalue weighted by molar-refractivity contribution is -0.0295. The van der Waals surface area contributed by atoms with E-state index in [-0.39, 0.29) is 29.5 Å². The van der Waals surface area contributed by atoms with Crippen molar-refractivity contribution < 1.29 is 29.0 Å². The number of hydrogen-bond donors (Lipinski definition) is 4. The van der Waals surface area contributed by atoms with Crippen molar-refractivity contribution in [3.8, 4) is 12.3 Å². The van der Waals surface area contributed by atoms with Crippen molar-refractivity contribution in [1.82, 2.24) is 10.0 Å². The number of fused-ring (bicyclic) bond motifs is 1. The molecule has 158 valence electrons. The van der Waals surface area contributed by atoms with E-state index >= 15 is 0 Å². The van der Waals surface area contributed by atoms with Gasteiger partial charge in [-0.2, -0.15) is 0 Å². The quantitative estimate of drug-likeness (QED) is 0.402. The number of anilines is 2. The predicted molar refractivity (Wildman–Crippen MR) is 107 cm³/mol. The van der Waals surface area contributed by atoms with Gasteiger partial charge in [-0.3, -0.25) is 14.4 Å². The van der Waals surface area contributed by atoms with Crippen molar-refractivity contribution in [2.75, 3.05) is 18.5 Å². The van der Waals surface area contributed by atoms with Gasteiger partial charge in [0.2, 0.25) is 0 Å². The van der Waals surface area contributed by atoms with Crippen molar-refractivity contribution in [1.29, 1.82) is 0 Å². The van der Waals surface area contributed by atoms with Gasteiger partial charge in [0.15, 0.2) is 5.78 Å². The number of nitrogens with zero attached hydrogens (tertiary/aromatic N) is 1. The first-order valence-electron chi connectivity index (χ1n) is 9.36. The molecule has 1 aliphatic carbocycles. The maximum absolute atomic E-state index is 14.5. The Morgan fingerprint density at radius 3 is 2.87 bits per heavy atom. The summed E-state index contributed by atoms with van der Waals surface area (Å²) in [6, 6.07) is 4.20. The van der Waals surface area contributed by atoms with E-state index in [1.54, 1.807) is 13.1 Å². The predicted octanol–water partition coefficient (Wildman–Crippen LogP) is 1.42. The number of benzene rings is 1. The summed E-state index contributed by atoms with van der Waals surface area (Å²) in [4.78, 5) is 30.3. The van der Waals surface area contributed by atoms with Crippen LogP contribution in [0.1, 0.15) is 44.8 Å². The molecule has 9 heteroatoms. The minimum Gasteiger partial charge on any atom is -0.394 e. The summed E-state index contributed by atoms with van der Waals surface area (Å²) >= 11 is 0. The molecule has 0 aliphatic heterocycles. The van der Waals surface area contributed by atoms with E-state index in [2.05, 4.69) is 16.7 Å². The highest BCUT2D eigenvalue weighted by Gasteiger charge is 2.32. The Bertz CT molecular complexity index is 1020. The van der Waals surface area contributed by atoms with Crippen LogP contribution in [0.2, 0.25) is 0 Å². The van der Waals surface area contributed by atoms with Crippen LogP contribution in [0.15, 0.2) is 18.2 Å². The van der Waals surface area contributed by atoms with E-state index in [0.29, 0.717) is 36.1 Å². The molecule has 1 atom stereocenters. The molecule has 0 saturated carbocycles. The summed E-state index contributed by atoms with van der Waals surface area (Å²) in [5.74, 6) is 1.20. The van der Waals surface area contributed by atoms with Crippen LogP contribution in [0.5, 0.6) is 0 Å². The smallest absolute Gasteiger partial charge is 0.278 e. The van der Waals surface area contributed by atoms with E-state index in [1.807, 2.05) is 0 Å². The fourth-order valence-corrected chi connectivity index (χ4v) is 3.42. The van der Waals surface area contributed by atoms with Crippen LogP contribution in [0.3, 0.4) is 0 Å². The fourth-order valence-electron chi connectivity index (χ4n) is 3.42. The number of hydrogen-bond acceptors (Lipinski definition) is 6. The zero-order valence-electron chi connectivity index (χ0n) is 16.4. The summed E-state index contributed by atoms with van der Waals surface area (Å²) in [5.41, 5.74) is 3.74.